The lowest BCUT2D eigenvalue weighted by Gasteiger charge is -2.11. The van der Waals surface area contributed by atoms with Crippen molar-refractivity contribution in [3.05, 3.63) is 90.0 Å². The topological polar surface area (TPSA) is 75.3 Å². The van der Waals surface area contributed by atoms with Crippen LogP contribution in [-0.4, -0.2) is 14.3 Å². The summed E-state index contributed by atoms with van der Waals surface area (Å²) in [5.41, 5.74) is -0.621. The Labute approximate surface area is 165 Å². The number of benzene rings is 3. The highest BCUT2D eigenvalue weighted by Gasteiger charge is 2.30. The summed E-state index contributed by atoms with van der Waals surface area (Å²) < 4.78 is 65.8. The van der Waals surface area contributed by atoms with Gasteiger partial charge in [-0.1, -0.05) is 30.3 Å². The van der Waals surface area contributed by atoms with Gasteiger partial charge in [-0.25, -0.2) is 8.42 Å². The second-order valence-electron chi connectivity index (χ2n) is 6.03. The van der Waals surface area contributed by atoms with Crippen LogP contribution in [0, 0.1) is 0 Å². The van der Waals surface area contributed by atoms with Gasteiger partial charge < -0.3 is 5.32 Å². The van der Waals surface area contributed by atoms with Gasteiger partial charge in [0.15, 0.2) is 0 Å². The van der Waals surface area contributed by atoms with E-state index in [4.69, 9.17) is 0 Å². The Morgan fingerprint density at radius 2 is 1.45 bits per heavy atom. The third kappa shape index (κ3) is 5.14. The van der Waals surface area contributed by atoms with Crippen LogP contribution in [0.2, 0.25) is 0 Å². The number of halogens is 3. The highest BCUT2D eigenvalue weighted by molar-refractivity contribution is 7.92. The molecule has 0 atom stereocenters. The lowest BCUT2D eigenvalue weighted by Crippen LogP contribution is -2.16. The smallest absolute Gasteiger partial charge is 0.322 e. The molecule has 0 heterocycles. The SMILES string of the molecule is O=C(Nc1cccc(C(F)(F)F)c1)c1cccc(S(=O)(=O)Nc2ccccc2)c1. The van der Waals surface area contributed by atoms with Crippen molar-refractivity contribution < 1.29 is 26.4 Å². The first-order chi connectivity index (χ1) is 13.6. The lowest BCUT2D eigenvalue weighted by molar-refractivity contribution is -0.137. The lowest BCUT2D eigenvalue weighted by atomic mass is 10.1. The molecule has 5 nitrogen and oxygen atoms in total. The number of alkyl halides is 3. The van der Waals surface area contributed by atoms with Gasteiger partial charge in [-0.15, -0.1) is 0 Å². The van der Waals surface area contributed by atoms with E-state index in [-0.39, 0.29) is 16.1 Å². The maximum Gasteiger partial charge on any atom is 0.416 e. The maximum absolute atomic E-state index is 12.8. The quantitative estimate of drug-likeness (QED) is 0.625. The van der Waals surface area contributed by atoms with E-state index >= 15 is 0 Å². The van der Waals surface area contributed by atoms with Gasteiger partial charge in [-0.2, -0.15) is 13.2 Å². The van der Waals surface area contributed by atoms with Crippen LogP contribution in [0.15, 0.2) is 83.8 Å². The number of anilines is 2. The largest absolute Gasteiger partial charge is 0.416 e. The molecule has 0 saturated heterocycles. The van der Waals surface area contributed by atoms with E-state index in [0.29, 0.717) is 5.69 Å². The second kappa shape index (κ2) is 7.96. The van der Waals surface area contributed by atoms with Crippen LogP contribution in [0.5, 0.6) is 0 Å². The first kappa shape index (κ1) is 20.4. The Bertz CT molecular complexity index is 1130. The van der Waals surface area contributed by atoms with E-state index in [0.717, 1.165) is 18.2 Å². The zero-order valence-corrected chi connectivity index (χ0v) is 15.6. The number of para-hydroxylation sites is 1. The van der Waals surface area contributed by atoms with Gasteiger partial charge in [0, 0.05) is 16.9 Å². The van der Waals surface area contributed by atoms with Crippen molar-refractivity contribution in [1.82, 2.24) is 0 Å². The molecule has 0 radical (unpaired) electrons. The molecule has 3 aromatic carbocycles. The Kier molecular flexibility index (Phi) is 5.60. The molecule has 150 valence electrons. The highest BCUT2D eigenvalue weighted by atomic mass is 32.2. The summed E-state index contributed by atoms with van der Waals surface area (Å²) in [7, 11) is -3.95. The maximum atomic E-state index is 12.8. The number of sulfonamides is 1. The Balaban J connectivity index is 1.81. The van der Waals surface area contributed by atoms with E-state index in [9.17, 15) is 26.4 Å². The standard InChI is InChI=1S/C20H15F3N2O3S/c21-20(22,23)15-7-5-10-17(13-15)24-19(26)14-6-4-11-18(12-14)29(27,28)25-16-8-2-1-3-9-16/h1-13,25H,(H,24,26). The molecule has 0 aliphatic carbocycles. The van der Waals surface area contributed by atoms with Crippen LogP contribution < -0.4 is 10.0 Å². The van der Waals surface area contributed by atoms with Crippen LogP contribution in [0.1, 0.15) is 15.9 Å². The predicted molar refractivity (Wildman–Crippen MR) is 103 cm³/mol. The molecule has 2 N–H and O–H groups in total. The van der Waals surface area contributed by atoms with E-state index in [1.54, 1.807) is 30.3 Å². The fraction of sp³-hybridized carbons (Fsp3) is 0.0500. The molecule has 0 fully saturated rings. The third-order valence-electron chi connectivity index (χ3n) is 3.88. The summed E-state index contributed by atoms with van der Waals surface area (Å²) in [6, 6.07) is 17.6. The minimum atomic E-state index is -4.54. The van der Waals surface area contributed by atoms with Crippen molar-refractivity contribution in [2.24, 2.45) is 0 Å². The van der Waals surface area contributed by atoms with Gasteiger partial charge in [0.1, 0.15) is 0 Å². The molecular weight excluding hydrogens is 405 g/mol. The van der Waals surface area contributed by atoms with Crippen molar-refractivity contribution in [3.63, 3.8) is 0 Å². The first-order valence-corrected chi connectivity index (χ1v) is 9.80. The molecule has 9 heteroatoms. The molecule has 0 aliphatic rings. The highest BCUT2D eigenvalue weighted by Crippen LogP contribution is 2.30. The zero-order chi connectivity index (χ0) is 21.1. The third-order valence-corrected chi connectivity index (χ3v) is 5.26. The summed E-state index contributed by atoms with van der Waals surface area (Å²) in [6.07, 6.45) is -4.54. The fourth-order valence-corrected chi connectivity index (χ4v) is 3.61. The van der Waals surface area contributed by atoms with E-state index in [1.807, 2.05) is 0 Å². The number of hydrogen-bond donors (Lipinski definition) is 2. The van der Waals surface area contributed by atoms with Crippen molar-refractivity contribution in [3.8, 4) is 0 Å². The molecule has 0 aromatic heterocycles. The van der Waals surface area contributed by atoms with Crippen LogP contribution in [0.3, 0.4) is 0 Å². The fourth-order valence-electron chi connectivity index (χ4n) is 2.50. The minimum Gasteiger partial charge on any atom is -0.322 e. The Morgan fingerprint density at radius 3 is 2.14 bits per heavy atom. The molecule has 0 spiro atoms. The Hall–Kier alpha value is -3.33. The van der Waals surface area contributed by atoms with Gasteiger partial charge in [-0.3, -0.25) is 9.52 Å². The predicted octanol–water partition coefficient (Wildman–Crippen LogP) is 4.76. The van der Waals surface area contributed by atoms with Crippen molar-refractivity contribution >= 4 is 27.3 Å². The van der Waals surface area contributed by atoms with E-state index in [2.05, 4.69) is 10.0 Å². The molecule has 0 saturated carbocycles. The molecule has 0 unspecified atom stereocenters. The molecule has 3 aromatic rings. The molecule has 0 bridgehead atoms. The van der Waals surface area contributed by atoms with Crippen LogP contribution in [-0.2, 0) is 16.2 Å². The molecule has 3 rings (SSSR count). The van der Waals surface area contributed by atoms with Gasteiger partial charge >= 0.3 is 6.18 Å². The molecule has 0 aliphatic heterocycles. The van der Waals surface area contributed by atoms with E-state index < -0.39 is 27.7 Å². The Morgan fingerprint density at radius 1 is 0.793 bits per heavy atom. The summed E-state index contributed by atoms with van der Waals surface area (Å²) in [5, 5.41) is 2.34. The van der Waals surface area contributed by atoms with Crippen molar-refractivity contribution in [2.45, 2.75) is 11.1 Å². The summed E-state index contributed by atoms with van der Waals surface area (Å²) in [4.78, 5) is 12.3. The summed E-state index contributed by atoms with van der Waals surface area (Å²) in [6.45, 7) is 0. The monoisotopic (exact) mass is 420 g/mol. The number of carbonyl (C=O) groups is 1. The van der Waals surface area contributed by atoms with Crippen molar-refractivity contribution in [2.75, 3.05) is 10.0 Å². The zero-order valence-electron chi connectivity index (χ0n) is 14.8. The average Bonchev–Trinajstić information content (AvgIpc) is 2.68. The minimum absolute atomic E-state index is 0.0154. The molecular formula is C20H15F3N2O3S. The molecule has 29 heavy (non-hydrogen) atoms. The number of carbonyl (C=O) groups excluding carboxylic acids is 1. The van der Waals surface area contributed by atoms with Gasteiger partial charge in [0.2, 0.25) is 0 Å². The second-order valence-corrected chi connectivity index (χ2v) is 7.71. The van der Waals surface area contributed by atoms with Crippen LogP contribution in [0.25, 0.3) is 0 Å². The van der Waals surface area contributed by atoms with Gasteiger partial charge in [0.25, 0.3) is 15.9 Å². The average molecular weight is 420 g/mol. The van der Waals surface area contributed by atoms with Crippen LogP contribution in [0.4, 0.5) is 24.5 Å². The van der Waals surface area contributed by atoms with Crippen molar-refractivity contribution in [1.29, 1.82) is 0 Å². The van der Waals surface area contributed by atoms with Gasteiger partial charge in [-0.05, 0) is 48.5 Å². The summed E-state index contributed by atoms with van der Waals surface area (Å²) >= 11 is 0. The van der Waals surface area contributed by atoms with E-state index in [1.165, 1.54) is 30.3 Å². The number of rotatable bonds is 5. The van der Waals surface area contributed by atoms with Crippen LogP contribution >= 0.6 is 0 Å². The number of hydrogen-bond acceptors (Lipinski definition) is 3. The normalized spacial score (nSPS) is 11.7. The number of nitrogens with one attached hydrogen (secondary N) is 2. The van der Waals surface area contributed by atoms with Gasteiger partial charge in [0.05, 0.1) is 10.5 Å². The summed E-state index contributed by atoms with van der Waals surface area (Å²) in [5.74, 6) is -0.735. The number of amides is 1. The first-order valence-electron chi connectivity index (χ1n) is 8.32. The molecule has 1 amide bonds.